The van der Waals surface area contributed by atoms with Crippen LogP contribution in [0.5, 0.6) is 5.75 Å². The molecule has 6 nitrogen and oxygen atoms in total. The number of aromatic nitrogens is 2. The van der Waals surface area contributed by atoms with E-state index in [9.17, 15) is 4.79 Å². The van der Waals surface area contributed by atoms with Gasteiger partial charge in [-0.15, -0.1) is 0 Å². The Balaban J connectivity index is 1.65. The number of H-pyrrole nitrogens is 1. The van der Waals surface area contributed by atoms with E-state index >= 15 is 0 Å². The number of likely N-dealkylation sites (tertiary alicyclic amines) is 1. The van der Waals surface area contributed by atoms with Crippen molar-refractivity contribution in [3.63, 3.8) is 0 Å². The van der Waals surface area contributed by atoms with Gasteiger partial charge in [0.2, 0.25) is 0 Å². The Morgan fingerprint density at radius 3 is 3.00 bits per heavy atom. The molecule has 0 saturated carbocycles. The first kappa shape index (κ1) is 14.4. The molecule has 2 aromatic rings. The van der Waals surface area contributed by atoms with E-state index in [4.69, 9.17) is 4.74 Å². The first-order valence-electron chi connectivity index (χ1n) is 7.37. The van der Waals surface area contributed by atoms with Gasteiger partial charge in [-0.2, -0.15) is 0 Å². The van der Waals surface area contributed by atoms with Crippen LogP contribution in [0.3, 0.4) is 0 Å². The smallest absolute Gasteiger partial charge is 0.270 e. The molecule has 0 aromatic carbocycles. The van der Waals surface area contributed by atoms with E-state index in [0.29, 0.717) is 18.8 Å². The van der Waals surface area contributed by atoms with Crippen LogP contribution in [0.25, 0.3) is 0 Å². The molecule has 6 heteroatoms. The number of aromatic amines is 1. The third-order valence-corrected chi connectivity index (χ3v) is 3.73. The molecule has 3 heterocycles. The molecule has 1 aliphatic rings. The molecule has 1 fully saturated rings. The summed E-state index contributed by atoms with van der Waals surface area (Å²) in [5, 5.41) is 0. The molecular formula is C16H20N4O2. The van der Waals surface area contributed by atoms with Crippen LogP contribution in [-0.4, -0.2) is 54.1 Å². The minimum atomic E-state index is 0.00168. The Labute approximate surface area is 129 Å². The number of ether oxygens (including phenoxy) is 1. The van der Waals surface area contributed by atoms with Crippen LogP contribution in [0.15, 0.2) is 36.7 Å². The van der Waals surface area contributed by atoms with Crippen molar-refractivity contribution in [2.75, 3.05) is 32.1 Å². The Morgan fingerprint density at radius 2 is 2.27 bits per heavy atom. The average Bonchev–Trinajstić information content (AvgIpc) is 3.18. The average molecular weight is 300 g/mol. The maximum absolute atomic E-state index is 12.3. The molecule has 1 saturated heterocycles. The predicted molar refractivity (Wildman–Crippen MR) is 84.3 cm³/mol. The highest BCUT2D eigenvalue weighted by Gasteiger charge is 2.29. The van der Waals surface area contributed by atoms with Gasteiger partial charge in [-0.1, -0.05) is 0 Å². The van der Waals surface area contributed by atoms with Crippen molar-refractivity contribution in [3.8, 4) is 5.75 Å². The lowest BCUT2D eigenvalue weighted by Gasteiger charge is -2.20. The first-order valence-corrected chi connectivity index (χ1v) is 7.37. The Kier molecular flexibility index (Phi) is 4.00. The third-order valence-electron chi connectivity index (χ3n) is 3.73. The molecule has 2 aromatic heterocycles. The second-order valence-corrected chi connectivity index (χ2v) is 5.58. The molecule has 1 amide bonds. The van der Waals surface area contributed by atoms with E-state index < -0.39 is 0 Å². The van der Waals surface area contributed by atoms with Gasteiger partial charge >= 0.3 is 0 Å². The van der Waals surface area contributed by atoms with Crippen LogP contribution in [0.2, 0.25) is 0 Å². The predicted octanol–water partition coefficient (Wildman–Crippen LogP) is 1.77. The summed E-state index contributed by atoms with van der Waals surface area (Å²) in [7, 11) is 3.87. The fraction of sp³-hybridized carbons (Fsp3) is 0.375. The van der Waals surface area contributed by atoms with Crippen LogP contribution in [0.1, 0.15) is 16.9 Å². The van der Waals surface area contributed by atoms with Crippen molar-refractivity contribution >= 4 is 11.7 Å². The SMILES string of the molecule is CN(C)c1ncccc1OC1CCN(C(=O)c2ccc[nH]2)C1. The number of pyridine rings is 1. The van der Waals surface area contributed by atoms with E-state index in [1.807, 2.05) is 42.1 Å². The Hall–Kier alpha value is -2.50. The molecule has 1 aliphatic heterocycles. The van der Waals surface area contributed by atoms with Gasteiger partial charge in [0.05, 0.1) is 6.54 Å². The van der Waals surface area contributed by atoms with Crippen LogP contribution in [0.4, 0.5) is 5.82 Å². The number of nitrogens with zero attached hydrogens (tertiary/aromatic N) is 3. The number of carbonyl (C=O) groups excluding carboxylic acids is 1. The molecule has 116 valence electrons. The number of nitrogens with one attached hydrogen (secondary N) is 1. The van der Waals surface area contributed by atoms with Crippen molar-refractivity contribution in [2.45, 2.75) is 12.5 Å². The minimum Gasteiger partial charge on any atom is -0.485 e. The number of rotatable bonds is 4. The number of amides is 1. The number of carbonyl (C=O) groups is 1. The molecule has 0 spiro atoms. The highest BCUT2D eigenvalue weighted by molar-refractivity contribution is 5.92. The molecular weight excluding hydrogens is 280 g/mol. The van der Waals surface area contributed by atoms with Gasteiger partial charge in [0.15, 0.2) is 11.6 Å². The van der Waals surface area contributed by atoms with Crippen LogP contribution in [-0.2, 0) is 0 Å². The summed E-state index contributed by atoms with van der Waals surface area (Å²) in [5.74, 6) is 1.58. The van der Waals surface area contributed by atoms with Crippen molar-refractivity contribution in [1.29, 1.82) is 0 Å². The van der Waals surface area contributed by atoms with E-state index in [1.54, 1.807) is 18.5 Å². The Morgan fingerprint density at radius 1 is 1.41 bits per heavy atom. The second kappa shape index (κ2) is 6.09. The summed E-state index contributed by atoms with van der Waals surface area (Å²) in [6, 6.07) is 7.40. The largest absolute Gasteiger partial charge is 0.485 e. The summed E-state index contributed by atoms with van der Waals surface area (Å²) < 4.78 is 6.06. The van der Waals surface area contributed by atoms with Gasteiger partial charge in [-0.25, -0.2) is 4.98 Å². The van der Waals surface area contributed by atoms with Crippen molar-refractivity contribution in [2.24, 2.45) is 0 Å². The number of anilines is 1. The molecule has 0 bridgehead atoms. The van der Waals surface area contributed by atoms with E-state index in [1.165, 1.54) is 0 Å². The fourth-order valence-corrected chi connectivity index (χ4v) is 2.63. The molecule has 0 radical (unpaired) electrons. The molecule has 1 atom stereocenters. The zero-order valence-corrected chi connectivity index (χ0v) is 12.8. The molecule has 1 unspecified atom stereocenters. The summed E-state index contributed by atoms with van der Waals surface area (Å²) in [6.07, 6.45) is 4.34. The van der Waals surface area contributed by atoms with Crippen molar-refractivity contribution in [3.05, 3.63) is 42.4 Å². The Bertz CT molecular complexity index is 639. The molecule has 0 aliphatic carbocycles. The van der Waals surface area contributed by atoms with Crippen LogP contribution >= 0.6 is 0 Å². The van der Waals surface area contributed by atoms with Crippen LogP contribution in [0, 0.1) is 0 Å². The van der Waals surface area contributed by atoms with Gasteiger partial charge in [-0.05, 0) is 24.3 Å². The summed E-state index contributed by atoms with van der Waals surface area (Å²) in [5.41, 5.74) is 0.621. The van der Waals surface area contributed by atoms with Crippen LogP contribution < -0.4 is 9.64 Å². The minimum absolute atomic E-state index is 0.00168. The zero-order valence-electron chi connectivity index (χ0n) is 12.8. The monoisotopic (exact) mass is 300 g/mol. The topological polar surface area (TPSA) is 61.5 Å². The summed E-state index contributed by atoms with van der Waals surface area (Å²) >= 11 is 0. The molecule has 3 rings (SSSR count). The second-order valence-electron chi connectivity index (χ2n) is 5.58. The van der Waals surface area contributed by atoms with E-state index in [2.05, 4.69) is 9.97 Å². The quantitative estimate of drug-likeness (QED) is 0.935. The van der Waals surface area contributed by atoms with Gasteiger partial charge in [-0.3, -0.25) is 4.79 Å². The zero-order chi connectivity index (χ0) is 15.5. The van der Waals surface area contributed by atoms with E-state index in [-0.39, 0.29) is 12.0 Å². The lowest BCUT2D eigenvalue weighted by atomic mass is 10.3. The molecule has 22 heavy (non-hydrogen) atoms. The normalized spacial score (nSPS) is 17.5. The standard InChI is InChI=1S/C16H20N4O2/c1-19(2)15-14(6-4-9-18-15)22-12-7-10-20(11-12)16(21)13-5-3-8-17-13/h3-6,8-9,12,17H,7,10-11H2,1-2H3. The first-order chi connectivity index (χ1) is 10.6. The molecule has 1 N–H and O–H groups in total. The van der Waals surface area contributed by atoms with Gasteiger partial charge in [0, 0.05) is 39.5 Å². The number of hydrogen-bond donors (Lipinski definition) is 1. The highest BCUT2D eigenvalue weighted by atomic mass is 16.5. The fourth-order valence-electron chi connectivity index (χ4n) is 2.63. The lowest BCUT2D eigenvalue weighted by Crippen LogP contribution is -2.31. The maximum Gasteiger partial charge on any atom is 0.270 e. The van der Waals surface area contributed by atoms with Crippen molar-refractivity contribution < 1.29 is 9.53 Å². The van der Waals surface area contributed by atoms with Gasteiger partial charge < -0.3 is 19.5 Å². The maximum atomic E-state index is 12.3. The highest BCUT2D eigenvalue weighted by Crippen LogP contribution is 2.26. The number of hydrogen-bond acceptors (Lipinski definition) is 4. The summed E-state index contributed by atoms with van der Waals surface area (Å²) in [4.78, 5) is 23.3. The van der Waals surface area contributed by atoms with Gasteiger partial charge in [0.25, 0.3) is 5.91 Å². The lowest BCUT2D eigenvalue weighted by molar-refractivity contribution is 0.0767. The van der Waals surface area contributed by atoms with E-state index in [0.717, 1.165) is 18.0 Å². The van der Waals surface area contributed by atoms with Crippen molar-refractivity contribution in [1.82, 2.24) is 14.9 Å². The third kappa shape index (κ3) is 2.90. The van der Waals surface area contributed by atoms with Gasteiger partial charge in [0.1, 0.15) is 11.8 Å². The summed E-state index contributed by atoms with van der Waals surface area (Å²) in [6.45, 7) is 1.31.